The number of guanidine groups is 1. The molecule has 0 saturated carbocycles. The van der Waals surface area contributed by atoms with Crippen LogP contribution in [-0.2, 0) is 22.6 Å². The highest BCUT2D eigenvalue weighted by Crippen LogP contribution is 2.29. The molecule has 3 rings (SSSR count). The number of morpholine rings is 1. The first-order chi connectivity index (χ1) is 10.2. The predicted octanol–water partition coefficient (Wildman–Crippen LogP) is 1.46. The van der Waals surface area contributed by atoms with Crippen molar-refractivity contribution in [1.29, 1.82) is 0 Å². The molecule has 0 atom stereocenters. The number of nitrogens with zero attached hydrogens (tertiary/aromatic N) is 2. The second-order valence-corrected chi connectivity index (χ2v) is 4.94. The van der Waals surface area contributed by atoms with Gasteiger partial charge in [-0.1, -0.05) is 0 Å². The average Bonchev–Trinajstić information content (AvgIpc) is 2.53. The molecule has 122 valence electrons. The van der Waals surface area contributed by atoms with Gasteiger partial charge in [-0.25, -0.2) is 9.38 Å². The van der Waals surface area contributed by atoms with Gasteiger partial charge in [0.15, 0.2) is 12.8 Å². The van der Waals surface area contributed by atoms with Gasteiger partial charge < -0.3 is 24.8 Å². The molecule has 0 unspecified atom stereocenters. The van der Waals surface area contributed by atoms with Crippen LogP contribution in [0.25, 0.3) is 0 Å². The Labute approximate surface area is 145 Å². The lowest BCUT2D eigenvalue weighted by Crippen LogP contribution is -2.44. The number of hydrogen-bond donors (Lipinski definition) is 1. The van der Waals surface area contributed by atoms with Crippen LogP contribution in [0.3, 0.4) is 0 Å². The first-order valence-corrected chi connectivity index (χ1v) is 6.88. The van der Waals surface area contributed by atoms with Crippen molar-refractivity contribution in [3.63, 3.8) is 0 Å². The molecule has 8 heteroatoms. The molecule has 0 bridgehead atoms. The molecule has 0 aromatic heterocycles. The molecule has 6 nitrogen and oxygen atoms in total. The van der Waals surface area contributed by atoms with Gasteiger partial charge >= 0.3 is 0 Å². The highest BCUT2D eigenvalue weighted by Gasteiger charge is 2.17. The van der Waals surface area contributed by atoms with Crippen molar-refractivity contribution in [3.05, 3.63) is 29.1 Å². The topological polar surface area (TPSA) is 69.3 Å². The first kappa shape index (κ1) is 17.2. The van der Waals surface area contributed by atoms with E-state index in [9.17, 15) is 4.39 Å². The maximum Gasteiger partial charge on any atom is 0.191 e. The van der Waals surface area contributed by atoms with Crippen LogP contribution in [0.1, 0.15) is 11.1 Å². The molecule has 0 aliphatic carbocycles. The van der Waals surface area contributed by atoms with Gasteiger partial charge in [0, 0.05) is 24.2 Å². The molecule has 0 amide bonds. The van der Waals surface area contributed by atoms with Gasteiger partial charge in [-0.05, 0) is 12.1 Å². The Morgan fingerprint density at radius 3 is 2.82 bits per heavy atom. The van der Waals surface area contributed by atoms with E-state index in [0.717, 1.165) is 13.1 Å². The van der Waals surface area contributed by atoms with E-state index in [1.54, 1.807) is 0 Å². The summed E-state index contributed by atoms with van der Waals surface area (Å²) in [7, 11) is 0. The Kier molecular flexibility index (Phi) is 6.21. The molecule has 1 aromatic carbocycles. The standard InChI is InChI=1S/C14H18FN3O3.HI/c15-12-5-10(13-11(6-12)8-20-9-21-13)7-17-14(16)18-1-3-19-4-2-18;/h5-6H,1-4,7-9H2,(H2,16,17);1H. The lowest BCUT2D eigenvalue weighted by Gasteiger charge is -2.27. The van der Waals surface area contributed by atoms with Crippen LogP contribution in [0.5, 0.6) is 5.75 Å². The second kappa shape index (κ2) is 7.93. The van der Waals surface area contributed by atoms with Crippen molar-refractivity contribution in [2.45, 2.75) is 13.2 Å². The Morgan fingerprint density at radius 1 is 1.27 bits per heavy atom. The van der Waals surface area contributed by atoms with E-state index in [1.807, 2.05) is 4.90 Å². The van der Waals surface area contributed by atoms with Gasteiger partial charge in [0.25, 0.3) is 0 Å². The largest absolute Gasteiger partial charge is 0.467 e. The Hall–Kier alpha value is -1.13. The number of hydrogen-bond acceptors (Lipinski definition) is 4. The number of nitrogens with two attached hydrogens (primary N) is 1. The fourth-order valence-corrected chi connectivity index (χ4v) is 2.43. The minimum absolute atomic E-state index is 0. The van der Waals surface area contributed by atoms with E-state index in [-0.39, 0.29) is 43.1 Å². The Bertz CT molecular complexity index is 550. The average molecular weight is 423 g/mol. The summed E-state index contributed by atoms with van der Waals surface area (Å²) in [5.41, 5.74) is 7.36. The lowest BCUT2D eigenvalue weighted by molar-refractivity contribution is -0.0172. The third kappa shape index (κ3) is 3.99. The molecular weight excluding hydrogens is 404 g/mol. The molecule has 2 heterocycles. The summed E-state index contributed by atoms with van der Waals surface area (Å²) >= 11 is 0. The first-order valence-electron chi connectivity index (χ1n) is 6.88. The van der Waals surface area contributed by atoms with Gasteiger partial charge in [-0.3, -0.25) is 0 Å². The molecule has 1 aromatic rings. The smallest absolute Gasteiger partial charge is 0.191 e. The zero-order chi connectivity index (χ0) is 14.7. The minimum Gasteiger partial charge on any atom is -0.467 e. The molecule has 1 saturated heterocycles. The van der Waals surface area contributed by atoms with Crippen LogP contribution >= 0.6 is 24.0 Å². The SMILES string of the molecule is I.NC(=NCc1cc(F)cc2c1OCOC2)N1CCOCC1. The number of aliphatic imine (C=N–C) groups is 1. The van der Waals surface area contributed by atoms with Crippen molar-refractivity contribution in [2.75, 3.05) is 33.1 Å². The summed E-state index contributed by atoms with van der Waals surface area (Å²) in [5.74, 6) is 0.780. The molecule has 0 radical (unpaired) electrons. The van der Waals surface area contributed by atoms with E-state index in [0.29, 0.717) is 42.7 Å². The zero-order valence-corrected chi connectivity index (χ0v) is 14.4. The third-order valence-corrected chi connectivity index (χ3v) is 3.50. The molecule has 22 heavy (non-hydrogen) atoms. The van der Waals surface area contributed by atoms with E-state index in [2.05, 4.69) is 4.99 Å². The summed E-state index contributed by atoms with van der Waals surface area (Å²) < 4.78 is 29.5. The monoisotopic (exact) mass is 423 g/mol. The lowest BCUT2D eigenvalue weighted by atomic mass is 10.1. The van der Waals surface area contributed by atoms with Crippen LogP contribution in [0.2, 0.25) is 0 Å². The van der Waals surface area contributed by atoms with Crippen LogP contribution in [-0.4, -0.2) is 44.0 Å². The summed E-state index contributed by atoms with van der Waals surface area (Å²) in [6.07, 6.45) is 0. The number of ether oxygens (including phenoxy) is 3. The van der Waals surface area contributed by atoms with Crippen LogP contribution in [0, 0.1) is 5.82 Å². The van der Waals surface area contributed by atoms with Crippen LogP contribution in [0.15, 0.2) is 17.1 Å². The van der Waals surface area contributed by atoms with E-state index in [1.165, 1.54) is 12.1 Å². The normalized spacial score (nSPS) is 18.2. The number of halogens is 2. The van der Waals surface area contributed by atoms with Crippen LogP contribution < -0.4 is 10.5 Å². The molecule has 0 spiro atoms. The third-order valence-electron chi connectivity index (χ3n) is 3.50. The van der Waals surface area contributed by atoms with Crippen molar-refractivity contribution < 1.29 is 18.6 Å². The van der Waals surface area contributed by atoms with Crippen molar-refractivity contribution in [1.82, 2.24) is 4.90 Å². The predicted molar refractivity (Wildman–Crippen MR) is 89.8 cm³/mol. The number of rotatable bonds is 2. The van der Waals surface area contributed by atoms with Gasteiger partial charge in [0.1, 0.15) is 11.6 Å². The highest BCUT2D eigenvalue weighted by atomic mass is 127. The van der Waals surface area contributed by atoms with Gasteiger partial charge in [-0.2, -0.15) is 0 Å². The Morgan fingerprint density at radius 2 is 2.05 bits per heavy atom. The highest BCUT2D eigenvalue weighted by molar-refractivity contribution is 14.0. The fourth-order valence-electron chi connectivity index (χ4n) is 2.43. The quantitative estimate of drug-likeness (QED) is 0.443. The summed E-state index contributed by atoms with van der Waals surface area (Å²) in [5, 5.41) is 0. The van der Waals surface area contributed by atoms with Crippen molar-refractivity contribution in [3.8, 4) is 5.75 Å². The minimum atomic E-state index is -0.321. The van der Waals surface area contributed by atoms with E-state index in [4.69, 9.17) is 19.9 Å². The maximum atomic E-state index is 13.6. The van der Waals surface area contributed by atoms with Gasteiger partial charge in [-0.15, -0.1) is 24.0 Å². The Balaban J connectivity index is 0.00000176. The summed E-state index contributed by atoms with van der Waals surface area (Å²) in [4.78, 5) is 6.30. The van der Waals surface area contributed by atoms with Crippen LogP contribution in [0.4, 0.5) is 4.39 Å². The number of benzene rings is 1. The van der Waals surface area contributed by atoms with Crippen molar-refractivity contribution in [2.24, 2.45) is 10.7 Å². The molecular formula is C14H19FIN3O3. The molecule has 2 aliphatic heterocycles. The second-order valence-electron chi connectivity index (χ2n) is 4.94. The molecule has 2 N–H and O–H groups in total. The maximum absolute atomic E-state index is 13.6. The summed E-state index contributed by atoms with van der Waals surface area (Å²) in [6.45, 7) is 3.54. The fraction of sp³-hybridized carbons (Fsp3) is 0.500. The van der Waals surface area contributed by atoms with E-state index < -0.39 is 0 Å². The van der Waals surface area contributed by atoms with E-state index >= 15 is 0 Å². The van der Waals surface area contributed by atoms with Gasteiger partial charge in [0.05, 0.1) is 26.4 Å². The number of fused-ring (bicyclic) bond motifs is 1. The van der Waals surface area contributed by atoms with Gasteiger partial charge in [0.2, 0.25) is 0 Å². The molecule has 2 aliphatic rings. The molecule has 1 fully saturated rings. The zero-order valence-electron chi connectivity index (χ0n) is 12.1. The van der Waals surface area contributed by atoms with Crippen molar-refractivity contribution >= 4 is 29.9 Å². The summed E-state index contributed by atoms with van der Waals surface area (Å²) in [6, 6.07) is 2.85.